The summed E-state index contributed by atoms with van der Waals surface area (Å²) in [4.78, 5) is 2.31. The van der Waals surface area contributed by atoms with E-state index in [0.29, 0.717) is 12.6 Å². The van der Waals surface area contributed by atoms with Crippen LogP contribution in [-0.4, -0.2) is 60.5 Å². The van der Waals surface area contributed by atoms with Crippen molar-refractivity contribution in [2.75, 3.05) is 33.3 Å². The third-order valence-electron chi connectivity index (χ3n) is 2.57. The Balaban J connectivity index is 2.08. The molecular formula is C9H20N2O2. The Morgan fingerprint density at radius 2 is 2.08 bits per heavy atom. The zero-order valence-corrected chi connectivity index (χ0v) is 8.24. The first-order valence-electron chi connectivity index (χ1n) is 4.93. The summed E-state index contributed by atoms with van der Waals surface area (Å²) < 4.78 is 0. The van der Waals surface area contributed by atoms with Gasteiger partial charge in [-0.1, -0.05) is 0 Å². The van der Waals surface area contributed by atoms with Crippen molar-refractivity contribution in [2.45, 2.75) is 25.0 Å². The third kappa shape index (κ3) is 4.04. The molecule has 0 radical (unpaired) electrons. The number of hydrogen-bond acceptors (Lipinski definition) is 4. The summed E-state index contributed by atoms with van der Waals surface area (Å²) in [6, 6.07) is 0.511. The second-order valence-electron chi connectivity index (χ2n) is 3.82. The lowest BCUT2D eigenvalue weighted by molar-refractivity contribution is 0.0886. The van der Waals surface area contributed by atoms with E-state index in [9.17, 15) is 0 Å². The highest BCUT2D eigenvalue weighted by atomic mass is 16.3. The van der Waals surface area contributed by atoms with Gasteiger partial charge in [0.05, 0.1) is 12.7 Å². The molecule has 0 saturated carbocycles. The summed E-state index contributed by atoms with van der Waals surface area (Å²) in [6.07, 6.45) is 1.66. The summed E-state index contributed by atoms with van der Waals surface area (Å²) in [5, 5.41) is 21.0. The minimum atomic E-state index is -0.611. The Labute approximate surface area is 79.6 Å². The quantitative estimate of drug-likeness (QED) is 0.531. The number of nitrogens with zero attached hydrogens (tertiary/aromatic N) is 1. The van der Waals surface area contributed by atoms with E-state index in [4.69, 9.17) is 10.2 Å². The van der Waals surface area contributed by atoms with Crippen LogP contribution in [0, 0.1) is 0 Å². The van der Waals surface area contributed by atoms with Gasteiger partial charge in [0, 0.05) is 12.6 Å². The average molecular weight is 188 g/mol. The normalized spacial score (nSPS) is 23.3. The predicted octanol–water partition coefficient (Wildman–Crippen LogP) is -0.977. The van der Waals surface area contributed by atoms with Gasteiger partial charge in [0.25, 0.3) is 0 Å². The molecule has 78 valence electrons. The lowest BCUT2D eigenvalue weighted by Crippen LogP contribution is -2.43. The van der Waals surface area contributed by atoms with E-state index in [0.717, 1.165) is 25.9 Å². The average Bonchev–Trinajstić information content (AvgIpc) is 2.16. The van der Waals surface area contributed by atoms with Gasteiger partial charge in [-0.15, -0.1) is 0 Å². The van der Waals surface area contributed by atoms with Gasteiger partial charge in [-0.25, -0.2) is 0 Å². The molecule has 0 amide bonds. The summed E-state index contributed by atoms with van der Waals surface area (Å²) in [6.45, 7) is 2.59. The number of hydrogen-bond donors (Lipinski definition) is 3. The maximum absolute atomic E-state index is 9.12. The molecule has 0 aliphatic carbocycles. The molecule has 13 heavy (non-hydrogen) atoms. The van der Waals surface area contributed by atoms with Crippen molar-refractivity contribution in [1.29, 1.82) is 0 Å². The molecule has 1 fully saturated rings. The summed E-state index contributed by atoms with van der Waals surface area (Å²) in [7, 11) is 2.12. The fourth-order valence-corrected chi connectivity index (χ4v) is 1.58. The van der Waals surface area contributed by atoms with Crippen molar-refractivity contribution < 1.29 is 10.2 Å². The summed E-state index contributed by atoms with van der Waals surface area (Å²) in [5.41, 5.74) is 0. The minimum absolute atomic E-state index is 0.153. The van der Waals surface area contributed by atoms with Crippen LogP contribution in [0.4, 0.5) is 0 Å². The maximum Gasteiger partial charge on any atom is 0.0895 e. The van der Waals surface area contributed by atoms with Crippen LogP contribution in [0.2, 0.25) is 0 Å². The lowest BCUT2D eigenvalue weighted by Gasteiger charge is -2.30. The standard InChI is InChI=1S/C9H20N2O2/c1-11-4-2-8(3-5-11)10-6-9(13)7-12/h8-10,12-13H,2-7H2,1H3. The first kappa shape index (κ1) is 10.9. The van der Waals surface area contributed by atoms with Gasteiger partial charge >= 0.3 is 0 Å². The Hall–Kier alpha value is -0.160. The van der Waals surface area contributed by atoms with Crippen molar-refractivity contribution >= 4 is 0 Å². The molecule has 0 bridgehead atoms. The summed E-state index contributed by atoms with van der Waals surface area (Å²) in [5.74, 6) is 0. The van der Waals surface area contributed by atoms with Crippen LogP contribution < -0.4 is 5.32 Å². The predicted molar refractivity (Wildman–Crippen MR) is 51.6 cm³/mol. The van der Waals surface area contributed by atoms with Gasteiger partial charge in [0.2, 0.25) is 0 Å². The molecular weight excluding hydrogens is 168 g/mol. The monoisotopic (exact) mass is 188 g/mol. The van der Waals surface area contributed by atoms with Crippen molar-refractivity contribution in [3.8, 4) is 0 Å². The van der Waals surface area contributed by atoms with E-state index < -0.39 is 6.10 Å². The molecule has 4 nitrogen and oxygen atoms in total. The third-order valence-corrected chi connectivity index (χ3v) is 2.57. The van der Waals surface area contributed by atoms with E-state index in [1.54, 1.807) is 0 Å². The maximum atomic E-state index is 9.12. The van der Waals surface area contributed by atoms with E-state index in [1.165, 1.54) is 0 Å². The molecule has 0 spiro atoms. The van der Waals surface area contributed by atoms with E-state index in [2.05, 4.69) is 17.3 Å². The van der Waals surface area contributed by atoms with Gasteiger partial charge in [-0.2, -0.15) is 0 Å². The second-order valence-corrected chi connectivity index (χ2v) is 3.82. The van der Waals surface area contributed by atoms with E-state index in [1.807, 2.05) is 0 Å². The Morgan fingerprint density at radius 1 is 1.46 bits per heavy atom. The zero-order chi connectivity index (χ0) is 9.68. The van der Waals surface area contributed by atoms with Crippen molar-refractivity contribution in [3.63, 3.8) is 0 Å². The van der Waals surface area contributed by atoms with Gasteiger partial charge < -0.3 is 20.4 Å². The number of nitrogens with one attached hydrogen (secondary N) is 1. The molecule has 1 unspecified atom stereocenters. The van der Waals surface area contributed by atoms with Crippen molar-refractivity contribution in [2.24, 2.45) is 0 Å². The SMILES string of the molecule is CN1CCC(NCC(O)CO)CC1. The van der Waals surface area contributed by atoms with Crippen LogP contribution >= 0.6 is 0 Å². The number of likely N-dealkylation sites (tertiary alicyclic amines) is 1. The van der Waals surface area contributed by atoms with Crippen LogP contribution in [0.1, 0.15) is 12.8 Å². The topological polar surface area (TPSA) is 55.7 Å². The Bertz CT molecular complexity index is 136. The highest BCUT2D eigenvalue weighted by Gasteiger charge is 2.16. The first-order valence-corrected chi connectivity index (χ1v) is 4.93. The molecule has 1 rings (SSSR count). The molecule has 1 heterocycles. The van der Waals surface area contributed by atoms with E-state index in [-0.39, 0.29) is 6.61 Å². The van der Waals surface area contributed by atoms with Crippen molar-refractivity contribution in [3.05, 3.63) is 0 Å². The molecule has 0 aromatic carbocycles. The first-order chi connectivity index (χ1) is 6.22. The van der Waals surface area contributed by atoms with Gasteiger partial charge in [0.1, 0.15) is 0 Å². The molecule has 0 aromatic heterocycles. The smallest absolute Gasteiger partial charge is 0.0895 e. The lowest BCUT2D eigenvalue weighted by atomic mass is 10.1. The largest absolute Gasteiger partial charge is 0.394 e. The number of aliphatic hydroxyl groups is 2. The fraction of sp³-hybridized carbons (Fsp3) is 1.00. The van der Waals surface area contributed by atoms with Crippen LogP contribution in [0.15, 0.2) is 0 Å². The van der Waals surface area contributed by atoms with Crippen molar-refractivity contribution in [1.82, 2.24) is 10.2 Å². The fourth-order valence-electron chi connectivity index (χ4n) is 1.58. The number of rotatable bonds is 4. The number of aliphatic hydroxyl groups excluding tert-OH is 2. The van der Waals surface area contributed by atoms with Crippen LogP contribution in [0.5, 0.6) is 0 Å². The van der Waals surface area contributed by atoms with Crippen LogP contribution in [-0.2, 0) is 0 Å². The highest BCUT2D eigenvalue weighted by molar-refractivity contribution is 4.76. The Morgan fingerprint density at radius 3 is 2.62 bits per heavy atom. The van der Waals surface area contributed by atoms with Gasteiger partial charge in [-0.05, 0) is 33.0 Å². The number of piperidine rings is 1. The van der Waals surface area contributed by atoms with Crippen LogP contribution in [0.25, 0.3) is 0 Å². The van der Waals surface area contributed by atoms with Gasteiger partial charge in [0.15, 0.2) is 0 Å². The molecule has 4 heteroatoms. The molecule has 3 N–H and O–H groups in total. The molecule has 1 aliphatic heterocycles. The molecule has 0 aromatic rings. The molecule has 1 atom stereocenters. The summed E-state index contributed by atoms with van der Waals surface area (Å²) >= 11 is 0. The zero-order valence-electron chi connectivity index (χ0n) is 8.24. The second kappa shape index (κ2) is 5.54. The molecule has 1 saturated heterocycles. The minimum Gasteiger partial charge on any atom is -0.394 e. The van der Waals surface area contributed by atoms with Gasteiger partial charge in [-0.3, -0.25) is 0 Å². The van der Waals surface area contributed by atoms with E-state index >= 15 is 0 Å². The Kier molecular flexibility index (Phi) is 4.66. The highest BCUT2D eigenvalue weighted by Crippen LogP contribution is 2.07. The molecule has 1 aliphatic rings. The van der Waals surface area contributed by atoms with Crippen LogP contribution in [0.3, 0.4) is 0 Å².